The molecule has 1 aliphatic heterocycles. The molecule has 1 atom stereocenters. The van der Waals surface area contributed by atoms with Crippen molar-refractivity contribution in [3.63, 3.8) is 0 Å². The number of aliphatic carboxylic acids is 1. The number of amides is 1. The Balaban J connectivity index is 2.22. The minimum absolute atomic E-state index is 0.0234. The van der Waals surface area contributed by atoms with Gasteiger partial charge in [0.25, 0.3) is 5.91 Å². The molecular formula is C15H17BrClNO3. The quantitative estimate of drug-likeness (QED) is 0.878. The highest BCUT2D eigenvalue weighted by Gasteiger charge is 2.48. The number of nitrogens with zero attached hydrogens (tertiary/aromatic N) is 1. The molecule has 21 heavy (non-hydrogen) atoms. The molecule has 6 heteroatoms. The summed E-state index contributed by atoms with van der Waals surface area (Å²) in [6.45, 7) is 4.49. The zero-order valence-corrected chi connectivity index (χ0v) is 14.2. The van der Waals surface area contributed by atoms with Crippen LogP contribution < -0.4 is 0 Å². The zero-order chi connectivity index (χ0) is 15.8. The number of carbonyl (C=O) groups is 2. The highest BCUT2D eigenvalue weighted by molar-refractivity contribution is 9.10. The van der Waals surface area contributed by atoms with Crippen LogP contribution in [0.4, 0.5) is 0 Å². The van der Waals surface area contributed by atoms with Crippen molar-refractivity contribution in [1.82, 2.24) is 4.90 Å². The summed E-state index contributed by atoms with van der Waals surface area (Å²) >= 11 is 9.22. The molecule has 1 fully saturated rings. The lowest BCUT2D eigenvalue weighted by molar-refractivity contribution is -0.150. The molecule has 1 aromatic rings. The molecule has 2 rings (SSSR count). The number of hydrogen-bond donors (Lipinski definition) is 1. The van der Waals surface area contributed by atoms with Crippen LogP contribution in [0.1, 0.15) is 30.6 Å². The Kier molecular flexibility index (Phi) is 4.63. The fourth-order valence-electron chi connectivity index (χ4n) is 2.71. The van der Waals surface area contributed by atoms with Crippen LogP contribution in [0.5, 0.6) is 0 Å². The van der Waals surface area contributed by atoms with E-state index in [4.69, 9.17) is 11.6 Å². The monoisotopic (exact) mass is 373 g/mol. The highest BCUT2D eigenvalue weighted by atomic mass is 79.9. The third-order valence-electron chi connectivity index (χ3n) is 4.29. The van der Waals surface area contributed by atoms with Gasteiger partial charge in [-0.25, -0.2) is 0 Å². The van der Waals surface area contributed by atoms with Crippen molar-refractivity contribution in [2.75, 3.05) is 13.1 Å². The predicted molar refractivity (Wildman–Crippen MR) is 84.6 cm³/mol. The van der Waals surface area contributed by atoms with Crippen LogP contribution in [0.25, 0.3) is 0 Å². The predicted octanol–water partition coefficient (Wildman–Crippen LogP) is 3.68. The lowest BCUT2D eigenvalue weighted by atomic mass is 9.76. The van der Waals surface area contributed by atoms with Crippen molar-refractivity contribution in [3.8, 4) is 0 Å². The maximum absolute atomic E-state index is 12.5. The Labute approximate surface area is 137 Å². The Morgan fingerprint density at radius 1 is 1.43 bits per heavy atom. The Hall–Kier alpha value is -1.07. The van der Waals surface area contributed by atoms with Gasteiger partial charge in [0.1, 0.15) is 0 Å². The normalized spacial score (nSPS) is 21.9. The first-order valence-electron chi connectivity index (χ1n) is 6.75. The van der Waals surface area contributed by atoms with E-state index in [1.165, 1.54) is 0 Å². The molecule has 0 saturated carbocycles. The number of likely N-dealkylation sites (tertiary alicyclic amines) is 1. The number of carboxylic acids is 1. The summed E-state index contributed by atoms with van der Waals surface area (Å²) in [5, 5.41) is 10.1. The van der Waals surface area contributed by atoms with Gasteiger partial charge in [0.2, 0.25) is 0 Å². The van der Waals surface area contributed by atoms with E-state index in [1.807, 2.05) is 13.8 Å². The summed E-state index contributed by atoms with van der Waals surface area (Å²) in [5.74, 6) is -1.01. The molecule has 1 N–H and O–H groups in total. The standard InChI is InChI=1S/C15H17BrClNO3/c1-9(2)15(14(20)21)5-6-18(8-15)13(19)10-3-4-12(17)11(16)7-10/h3-4,7,9H,5-6,8H2,1-2H3,(H,20,21). The minimum atomic E-state index is -0.848. The number of carboxylic acid groups (broad SMARTS) is 1. The fourth-order valence-corrected chi connectivity index (χ4v) is 3.21. The van der Waals surface area contributed by atoms with Gasteiger partial charge < -0.3 is 10.0 Å². The van der Waals surface area contributed by atoms with Crippen molar-refractivity contribution >= 4 is 39.4 Å². The first-order valence-corrected chi connectivity index (χ1v) is 7.93. The van der Waals surface area contributed by atoms with Gasteiger partial charge in [-0.1, -0.05) is 25.4 Å². The second-order valence-electron chi connectivity index (χ2n) is 5.72. The van der Waals surface area contributed by atoms with Gasteiger partial charge in [-0.3, -0.25) is 9.59 Å². The van der Waals surface area contributed by atoms with E-state index < -0.39 is 11.4 Å². The van der Waals surface area contributed by atoms with Gasteiger partial charge >= 0.3 is 5.97 Å². The molecule has 0 bridgehead atoms. The molecule has 1 heterocycles. The number of benzene rings is 1. The average Bonchev–Trinajstić information content (AvgIpc) is 2.87. The van der Waals surface area contributed by atoms with Crippen molar-refractivity contribution in [2.24, 2.45) is 11.3 Å². The first kappa shape index (κ1) is 16.3. The Morgan fingerprint density at radius 2 is 2.10 bits per heavy atom. The van der Waals surface area contributed by atoms with E-state index in [1.54, 1.807) is 23.1 Å². The summed E-state index contributed by atoms with van der Waals surface area (Å²) in [6.07, 6.45) is 0.487. The summed E-state index contributed by atoms with van der Waals surface area (Å²) < 4.78 is 0.655. The van der Waals surface area contributed by atoms with Gasteiger partial charge in [0.05, 0.1) is 10.4 Å². The summed E-state index contributed by atoms with van der Waals surface area (Å²) in [6, 6.07) is 4.98. The topological polar surface area (TPSA) is 57.6 Å². The third-order valence-corrected chi connectivity index (χ3v) is 5.50. The molecule has 1 aromatic carbocycles. The molecule has 0 spiro atoms. The van der Waals surface area contributed by atoms with Crippen LogP contribution in [0.3, 0.4) is 0 Å². The van der Waals surface area contributed by atoms with Crippen LogP contribution in [0, 0.1) is 11.3 Å². The SMILES string of the molecule is CC(C)C1(C(=O)O)CCN(C(=O)c2ccc(Cl)c(Br)c2)C1. The van der Waals surface area contributed by atoms with Gasteiger partial charge in [0.15, 0.2) is 0 Å². The smallest absolute Gasteiger partial charge is 0.311 e. The number of hydrogen-bond acceptors (Lipinski definition) is 2. The molecule has 1 aliphatic rings. The summed E-state index contributed by atoms with van der Waals surface area (Å²) in [5.41, 5.74) is -0.338. The van der Waals surface area contributed by atoms with Crippen LogP contribution in [0.2, 0.25) is 5.02 Å². The van der Waals surface area contributed by atoms with Crippen LogP contribution in [-0.2, 0) is 4.79 Å². The van der Waals surface area contributed by atoms with E-state index in [0.29, 0.717) is 28.0 Å². The molecule has 4 nitrogen and oxygen atoms in total. The summed E-state index contributed by atoms with van der Waals surface area (Å²) in [7, 11) is 0. The van der Waals surface area contributed by atoms with Crippen LogP contribution >= 0.6 is 27.5 Å². The van der Waals surface area contributed by atoms with Crippen LogP contribution in [0.15, 0.2) is 22.7 Å². The molecular weight excluding hydrogens is 358 g/mol. The van der Waals surface area contributed by atoms with Gasteiger partial charge in [-0.05, 0) is 46.5 Å². The maximum Gasteiger partial charge on any atom is 0.311 e. The summed E-state index contributed by atoms with van der Waals surface area (Å²) in [4.78, 5) is 25.7. The average molecular weight is 375 g/mol. The molecule has 1 saturated heterocycles. The van der Waals surface area contributed by atoms with E-state index in [2.05, 4.69) is 15.9 Å². The second-order valence-corrected chi connectivity index (χ2v) is 6.98. The number of halogens is 2. The van der Waals surface area contributed by atoms with E-state index >= 15 is 0 Å². The molecule has 114 valence electrons. The van der Waals surface area contributed by atoms with Crippen LogP contribution in [-0.4, -0.2) is 35.0 Å². The molecule has 1 unspecified atom stereocenters. The van der Waals surface area contributed by atoms with Crippen molar-refractivity contribution < 1.29 is 14.7 Å². The van der Waals surface area contributed by atoms with Crippen molar-refractivity contribution in [2.45, 2.75) is 20.3 Å². The van der Waals surface area contributed by atoms with Crippen molar-refractivity contribution in [1.29, 1.82) is 0 Å². The fraction of sp³-hybridized carbons (Fsp3) is 0.467. The van der Waals surface area contributed by atoms with E-state index in [-0.39, 0.29) is 18.4 Å². The largest absolute Gasteiger partial charge is 0.481 e. The van der Waals surface area contributed by atoms with E-state index in [9.17, 15) is 14.7 Å². The Morgan fingerprint density at radius 3 is 2.57 bits per heavy atom. The molecule has 1 amide bonds. The second kappa shape index (κ2) is 5.97. The van der Waals surface area contributed by atoms with Crippen molar-refractivity contribution in [3.05, 3.63) is 33.3 Å². The van der Waals surface area contributed by atoms with Gasteiger partial charge in [0, 0.05) is 23.1 Å². The Bertz CT molecular complexity index is 590. The highest BCUT2D eigenvalue weighted by Crippen LogP contribution is 2.38. The lowest BCUT2D eigenvalue weighted by Gasteiger charge is -2.28. The lowest BCUT2D eigenvalue weighted by Crippen LogP contribution is -2.40. The maximum atomic E-state index is 12.5. The third kappa shape index (κ3) is 2.94. The zero-order valence-electron chi connectivity index (χ0n) is 11.9. The molecule has 0 aliphatic carbocycles. The number of carbonyl (C=O) groups excluding carboxylic acids is 1. The number of rotatable bonds is 3. The molecule has 0 aromatic heterocycles. The van der Waals surface area contributed by atoms with Gasteiger partial charge in [-0.15, -0.1) is 0 Å². The first-order chi connectivity index (χ1) is 9.78. The van der Waals surface area contributed by atoms with E-state index in [0.717, 1.165) is 0 Å². The molecule has 0 radical (unpaired) electrons. The minimum Gasteiger partial charge on any atom is -0.481 e. The van der Waals surface area contributed by atoms with Gasteiger partial charge in [-0.2, -0.15) is 0 Å².